The summed E-state index contributed by atoms with van der Waals surface area (Å²) in [6.07, 6.45) is 1.93. The molecule has 2 heterocycles. The lowest BCUT2D eigenvalue weighted by atomic mass is 10.2. The lowest BCUT2D eigenvalue weighted by molar-refractivity contribution is 0.298. The standard InChI is InChI=1S/C15H17N3OS/c1-3-17(4-2)9-11-10-18-14(19)12-7-5-6-8-13(12)16-15(18)20-11/h5-8,10H,3-4,9H2,1-2H3. The highest BCUT2D eigenvalue weighted by Gasteiger charge is 2.10. The Kier molecular flexibility index (Phi) is 3.54. The normalized spacial score (nSPS) is 11.8. The highest BCUT2D eigenvalue weighted by atomic mass is 32.1. The molecule has 4 nitrogen and oxygen atoms in total. The van der Waals surface area contributed by atoms with Crippen molar-refractivity contribution in [1.82, 2.24) is 14.3 Å². The summed E-state index contributed by atoms with van der Waals surface area (Å²) in [4.78, 5) is 21.3. The minimum atomic E-state index is 0.0210. The predicted molar refractivity (Wildman–Crippen MR) is 83.5 cm³/mol. The van der Waals surface area contributed by atoms with E-state index in [1.165, 1.54) is 4.88 Å². The van der Waals surface area contributed by atoms with E-state index in [0.717, 1.165) is 30.1 Å². The summed E-state index contributed by atoms with van der Waals surface area (Å²) in [6, 6.07) is 7.51. The van der Waals surface area contributed by atoms with Crippen LogP contribution in [0.3, 0.4) is 0 Å². The number of benzene rings is 1. The lowest BCUT2D eigenvalue weighted by Gasteiger charge is -2.15. The molecule has 0 N–H and O–H groups in total. The van der Waals surface area contributed by atoms with Gasteiger partial charge in [-0.2, -0.15) is 0 Å². The SMILES string of the molecule is CCN(CC)Cc1cn2c(=O)c3ccccc3nc2s1. The summed E-state index contributed by atoms with van der Waals surface area (Å²) in [5.74, 6) is 0. The third-order valence-corrected chi connectivity index (χ3v) is 4.51. The van der Waals surface area contributed by atoms with Crippen molar-refractivity contribution >= 4 is 27.2 Å². The van der Waals surface area contributed by atoms with E-state index >= 15 is 0 Å². The van der Waals surface area contributed by atoms with Gasteiger partial charge in [-0.3, -0.25) is 14.1 Å². The van der Waals surface area contributed by atoms with E-state index in [-0.39, 0.29) is 5.56 Å². The number of hydrogen-bond acceptors (Lipinski definition) is 4. The zero-order valence-electron chi connectivity index (χ0n) is 11.7. The van der Waals surface area contributed by atoms with Crippen LogP contribution in [0.4, 0.5) is 0 Å². The van der Waals surface area contributed by atoms with Crippen molar-refractivity contribution in [3.05, 3.63) is 45.7 Å². The first-order valence-electron chi connectivity index (χ1n) is 6.85. The third-order valence-electron chi connectivity index (χ3n) is 3.54. The van der Waals surface area contributed by atoms with Crippen molar-refractivity contribution in [3.63, 3.8) is 0 Å². The third kappa shape index (κ3) is 2.23. The molecule has 0 fully saturated rings. The van der Waals surface area contributed by atoms with Gasteiger partial charge in [-0.05, 0) is 25.2 Å². The first kappa shape index (κ1) is 13.3. The molecule has 2 aromatic heterocycles. The number of para-hydroxylation sites is 1. The number of thiazole rings is 1. The molecular formula is C15H17N3OS. The first-order chi connectivity index (χ1) is 9.72. The number of aromatic nitrogens is 2. The van der Waals surface area contributed by atoms with Gasteiger partial charge in [0.2, 0.25) is 0 Å². The summed E-state index contributed by atoms with van der Waals surface area (Å²) in [6.45, 7) is 7.19. The maximum absolute atomic E-state index is 12.4. The van der Waals surface area contributed by atoms with Gasteiger partial charge >= 0.3 is 0 Å². The largest absolute Gasteiger partial charge is 0.299 e. The van der Waals surface area contributed by atoms with Gasteiger partial charge < -0.3 is 0 Å². The van der Waals surface area contributed by atoms with Crippen LogP contribution in [0.5, 0.6) is 0 Å². The molecule has 0 amide bonds. The van der Waals surface area contributed by atoms with E-state index in [0.29, 0.717) is 5.39 Å². The Morgan fingerprint density at radius 3 is 2.75 bits per heavy atom. The minimum Gasteiger partial charge on any atom is -0.299 e. The zero-order chi connectivity index (χ0) is 14.1. The first-order valence-corrected chi connectivity index (χ1v) is 7.66. The molecule has 20 heavy (non-hydrogen) atoms. The monoisotopic (exact) mass is 287 g/mol. The maximum atomic E-state index is 12.4. The van der Waals surface area contributed by atoms with Crippen LogP contribution in [-0.4, -0.2) is 27.4 Å². The van der Waals surface area contributed by atoms with Crippen LogP contribution in [-0.2, 0) is 6.54 Å². The van der Waals surface area contributed by atoms with Crippen LogP contribution in [0.2, 0.25) is 0 Å². The fourth-order valence-electron chi connectivity index (χ4n) is 2.34. The quantitative estimate of drug-likeness (QED) is 0.740. The Hall–Kier alpha value is -1.72. The molecule has 0 aliphatic heterocycles. The molecule has 0 atom stereocenters. The Labute approximate surface area is 121 Å². The van der Waals surface area contributed by atoms with Gasteiger partial charge in [-0.25, -0.2) is 4.98 Å². The van der Waals surface area contributed by atoms with Crippen LogP contribution in [0.25, 0.3) is 15.9 Å². The number of hydrogen-bond donors (Lipinski definition) is 0. The lowest BCUT2D eigenvalue weighted by Crippen LogP contribution is -2.21. The van der Waals surface area contributed by atoms with Crippen LogP contribution in [0.1, 0.15) is 18.7 Å². The fourth-order valence-corrected chi connectivity index (χ4v) is 3.36. The number of rotatable bonds is 4. The summed E-state index contributed by atoms with van der Waals surface area (Å²) in [5, 5.41) is 0.678. The molecular weight excluding hydrogens is 270 g/mol. The van der Waals surface area contributed by atoms with Gasteiger partial charge in [0.05, 0.1) is 10.9 Å². The molecule has 0 spiro atoms. The van der Waals surface area contributed by atoms with Crippen molar-refractivity contribution < 1.29 is 0 Å². The zero-order valence-corrected chi connectivity index (χ0v) is 12.5. The Morgan fingerprint density at radius 2 is 2.00 bits per heavy atom. The molecule has 5 heteroatoms. The summed E-state index contributed by atoms with van der Waals surface area (Å²) in [5.41, 5.74) is 0.793. The average molecular weight is 287 g/mol. The Balaban J connectivity index is 2.13. The molecule has 1 aromatic carbocycles. The number of nitrogens with zero attached hydrogens (tertiary/aromatic N) is 3. The fraction of sp³-hybridized carbons (Fsp3) is 0.333. The topological polar surface area (TPSA) is 37.6 Å². The number of fused-ring (bicyclic) bond motifs is 2. The van der Waals surface area contributed by atoms with Crippen LogP contribution in [0.15, 0.2) is 35.3 Å². The minimum absolute atomic E-state index is 0.0210. The van der Waals surface area contributed by atoms with Crippen LogP contribution < -0.4 is 5.56 Å². The second-order valence-electron chi connectivity index (χ2n) is 4.75. The van der Waals surface area contributed by atoms with Gasteiger partial charge in [0.15, 0.2) is 4.96 Å². The molecule has 0 saturated carbocycles. The second-order valence-corrected chi connectivity index (χ2v) is 5.84. The molecule has 3 rings (SSSR count). The molecule has 0 aliphatic carbocycles. The maximum Gasteiger partial charge on any atom is 0.266 e. The van der Waals surface area contributed by atoms with Gasteiger partial charge in [-0.15, -0.1) is 0 Å². The summed E-state index contributed by atoms with van der Waals surface area (Å²) >= 11 is 1.60. The van der Waals surface area contributed by atoms with Crippen molar-refractivity contribution in [2.24, 2.45) is 0 Å². The van der Waals surface area contributed by atoms with Gasteiger partial charge in [0, 0.05) is 17.6 Å². The molecule has 3 aromatic rings. The van der Waals surface area contributed by atoms with E-state index in [1.54, 1.807) is 15.7 Å². The van der Waals surface area contributed by atoms with E-state index in [9.17, 15) is 4.79 Å². The molecule has 0 radical (unpaired) electrons. The van der Waals surface area contributed by atoms with Gasteiger partial charge in [0.25, 0.3) is 5.56 Å². The molecule has 0 aliphatic rings. The Bertz CT molecular complexity index is 802. The van der Waals surface area contributed by atoms with Crippen LogP contribution in [0, 0.1) is 0 Å². The van der Waals surface area contributed by atoms with E-state index in [2.05, 4.69) is 23.7 Å². The highest BCUT2D eigenvalue weighted by Crippen LogP contribution is 2.19. The van der Waals surface area contributed by atoms with Crippen molar-refractivity contribution in [2.45, 2.75) is 20.4 Å². The summed E-state index contributed by atoms with van der Waals surface area (Å²) < 4.78 is 1.67. The van der Waals surface area contributed by atoms with E-state index in [1.807, 2.05) is 30.5 Å². The highest BCUT2D eigenvalue weighted by molar-refractivity contribution is 7.17. The smallest absolute Gasteiger partial charge is 0.266 e. The summed E-state index contributed by atoms with van der Waals surface area (Å²) in [7, 11) is 0. The second kappa shape index (κ2) is 5.34. The van der Waals surface area contributed by atoms with Gasteiger partial charge in [-0.1, -0.05) is 37.3 Å². The van der Waals surface area contributed by atoms with Crippen molar-refractivity contribution in [2.75, 3.05) is 13.1 Å². The molecule has 0 unspecified atom stereocenters. The van der Waals surface area contributed by atoms with E-state index in [4.69, 9.17) is 0 Å². The Morgan fingerprint density at radius 1 is 1.25 bits per heavy atom. The van der Waals surface area contributed by atoms with Crippen LogP contribution >= 0.6 is 11.3 Å². The average Bonchev–Trinajstić information content (AvgIpc) is 2.88. The van der Waals surface area contributed by atoms with Gasteiger partial charge in [0.1, 0.15) is 0 Å². The van der Waals surface area contributed by atoms with Crippen molar-refractivity contribution in [1.29, 1.82) is 0 Å². The molecule has 0 saturated heterocycles. The van der Waals surface area contributed by atoms with Crippen molar-refractivity contribution in [3.8, 4) is 0 Å². The van der Waals surface area contributed by atoms with E-state index < -0.39 is 0 Å². The molecule has 0 bridgehead atoms. The molecule has 104 valence electrons. The predicted octanol–water partition coefficient (Wildman–Crippen LogP) is 2.75.